The van der Waals surface area contributed by atoms with Gasteiger partial charge in [0.1, 0.15) is 0 Å². The third-order valence-corrected chi connectivity index (χ3v) is 3.94. The topological polar surface area (TPSA) is 29.1 Å². The summed E-state index contributed by atoms with van der Waals surface area (Å²) in [7, 11) is 0. The molecule has 2 aromatic carbocycles. The van der Waals surface area contributed by atoms with Crippen LogP contribution < -0.4 is 5.32 Å². The zero-order valence-electron chi connectivity index (χ0n) is 11.7. The van der Waals surface area contributed by atoms with Crippen LogP contribution in [0.1, 0.15) is 40.0 Å². The van der Waals surface area contributed by atoms with E-state index < -0.39 is 0 Å². The van der Waals surface area contributed by atoms with Crippen molar-refractivity contribution in [1.82, 2.24) is 5.32 Å². The molecule has 1 atom stereocenters. The summed E-state index contributed by atoms with van der Waals surface area (Å²) in [6.45, 7) is 4.05. The fourth-order valence-electron chi connectivity index (χ4n) is 1.96. The van der Waals surface area contributed by atoms with Crippen LogP contribution in [0.25, 0.3) is 0 Å². The van der Waals surface area contributed by atoms with E-state index >= 15 is 0 Å². The van der Waals surface area contributed by atoms with E-state index in [9.17, 15) is 4.79 Å². The van der Waals surface area contributed by atoms with Crippen LogP contribution in [0.3, 0.4) is 0 Å². The number of rotatable bonds is 4. The average Bonchev–Trinajstić information content (AvgIpc) is 2.48. The Morgan fingerprint density at radius 3 is 2.25 bits per heavy atom. The number of alkyl halides is 1. The minimum atomic E-state index is -0.0424. The third-order valence-electron chi connectivity index (χ3n) is 3.30. The lowest BCUT2D eigenvalue weighted by atomic mass is 10.1. The van der Waals surface area contributed by atoms with Crippen molar-refractivity contribution in [3.05, 3.63) is 70.8 Å². The molecule has 0 fully saturated rings. The molecule has 1 amide bonds. The normalized spacial score (nSPS) is 11.9. The largest absolute Gasteiger partial charge is 0.346 e. The van der Waals surface area contributed by atoms with Crippen molar-refractivity contribution in [3.8, 4) is 0 Å². The van der Waals surface area contributed by atoms with Crippen LogP contribution >= 0.6 is 15.9 Å². The van der Waals surface area contributed by atoms with Crippen LogP contribution in [0.2, 0.25) is 0 Å². The summed E-state index contributed by atoms with van der Waals surface area (Å²) >= 11 is 3.40. The van der Waals surface area contributed by atoms with Crippen molar-refractivity contribution in [2.45, 2.75) is 25.2 Å². The summed E-state index contributed by atoms with van der Waals surface area (Å²) in [4.78, 5) is 12.2. The van der Waals surface area contributed by atoms with Gasteiger partial charge in [-0.05, 0) is 37.1 Å². The fraction of sp³-hybridized carbons (Fsp3) is 0.235. The summed E-state index contributed by atoms with van der Waals surface area (Å²) in [5.74, 6) is -0.0424. The molecule has 0 aliphatic heterocycles. The number of carbonyl (C=O) groups excluding carboxylic acids is 1. The molecule has 0 aromatic heterocycles. The first-order valence-electron chi connectivity index (χ1n) is 6.62. The van der Waals surface area contributed by atoms with Crippen LogP contribution in [0.4, 0.5) is 0 Å². The number of nitrogens with one attached hydrogen (secondary N) is 1. The smallest absolute Gasteiger partial charge is 0.251 e. The highest BCUT2D eigenvalue weighted by atomic mass is 79.9. The first kappa shape index (κ1) is 14.8. The van der Waals surface area contributed by atoms with Gasteiger partial charge in [-0.2, -0.15) is 0 Å². The van der Waals surface area contributed by atoms with Crippen LogP contribution in [0.5, 0.6) is 0 Å². The molecule has 2 rings (SSSR count). The van der Waals surface area contributed by atoms with Gasteiger partial charge in [0.2, 0.25) is 0 Å². The van der Waals surface area contributed by atoms with Gasteiger partial charge in [-0.25, -0.2) is 0 Å². The highest BCUT2D eigenvalue weighted by Gasteiger charge is 2.11. The molecule has 2 nitrogen and oxygen atoms in total. The Morgan fingerprint density at radius 1 is 1.10 bits per heavy atom. The third kappa shape index (κ3) is 3.70. The zero-order chi connectivity index (χ0) is 14.5. The van der Waals surface area contributed by atoms with Crippen molar-refractivity contribution < 1.29 is 4.79 Å². The van der Waals surface area contributed by atoms with Gasteiger partial charge in [0.25, 0.3) is 5.91 Å². The molecule has 0 saturated carbocycles. The average molecular weight is 332 g/mol. The van der Waals surface area contributed by atoms with Crippen molar-refractivity contribution >= 4 is 21.8 Å². The van der Waals surface area contributed by atoms with Crippen LogP contribution in [0.15, 0.2) is 48.5 Å². The van der Waals surface area contributed by atoms with Crippen LogP contribution in [0, 0.1) is 6.92 Å². The molecule has 3 heteroatoms. The van der Waals surface area contributed by atoms with Gasteiger partial charge in [0.15, 0.2) is 0 Å². The molecule has 0 spiro atoms. The zero-order valence-corrected chi connectivity index (χ0v) is 13.3. The summed E-state index contributed by atoms with van der Waals surface area (Å²) < 4.78 is 0. The first-order valence-corrected chi connectivity index (χ1v) is 7.74. The molecule has 1 N–H and O–H groups in total. The lowest BCUT2D eigenvalue weighted by Crippen LogP contribution is -2.26. The molecule has 0 aliphatic carbocycles. The molecule has 0 radical (unpaired) electrons. The van der Waals surface area contributed by atoms with Gasteiger partial charge in [-0.3, -0.25) is 4.79 Å². The Bertz CT molecular complexity index is 575. The summed E-state index contributed by atoms with van der Waals surface area (Å²) in [6, 6.07) is 15.8. The highest BCUT2D eigenvalue weighted by Crippen LogP contribution is 2.14. The quantitative estimate of drug-likeness (QED) is 0.827. The number of halogens is 1. The maximum atomic E-state index is 12.2. The van der Waals surface area contributed by atoms with Crippen molar-refractivity contribution in [1.29, 1.82) is 0 Å². The van der Waals surface area contributed by atoms with Gasteiger partial charge in [-0.1, -0.05) is 57.9 Å². The van der Waals surface area contributed by atoms with Crippen molar-refractivity contribution in [3.63, 3.8) is 0 Å². The van der Waals surface area contributed by atoms with E-state index in [1.165, 1.54) is 5.56 Å². The van der Waals surface area contributed by atoms with E-state index in [4.69, 9.17) is 0 Å². The molecule has 0 heterocycles. The fourth-order valence-corrected chi connectivity index (χ4v) is 2.34. The van der Waals surface area contributed by atoms with E-state index in [1.54, 1.807) is 0 Å². The number of carbonyl (C=O) groups is 1. The predicted octanol–water partition coefficient (Wildman–Crippen LogP) is 4.38. The second-order valence-corrected chi connectivity index (χ2v) is 5.50. The molecule has 0 saturated heterocycles. The minimum absolute atomic E-state index is 0.000971. The van der Waals surface area contributed by atoms with Gasteiger partial charge in [0, 0.05) is 10.9 Å². The standard InChI is InChI=1S/C17H18BrNO/c1-12-3-7-15(8-4-12)13(2)19-17(20)16-9-5-14(11-18)6-10-16/h3-10,13H,11H2,1-2H3,(H,19,20)/t13-/m0/s1. The van der Waals surface area contributed by atoms with Crippen LogP contribution in [-0.4, -0.2) is 5.91 Å². The molecule has 104 valence electrons. The summed E-state index contributed by atoms with van der Waals surface area (Å²) in [5.41, 5.74) is 4.18. The monoisotopic (exact) mass is 331 g/mol. The first-order chi connectivity index (χ1) is 9.60. The van der Waals surface area contributed by atoms with Gasteiger partial charge in [-0.15, -0.1) is 0 Å². The van der Waals surface area contributed by atoms with E-state index in [1.807, 2.05) is 43.3 Å². The molecular formula is C17H18BrNO. The van der Waals surface area contributed by atoms with Crippen molar-refractivity contribution in [2.75, 3.05) is 0 Å². The van der Waals surface area contributed by atoms with E-state index in [-0.39, 0.29) is 11.9 Å². The molecule has 2 aromatic rings. The minimum Gasteiger partial charge on any atom is -0.346 e. The number of hydrogen-bond acceptors (Lipinski definition) is 1. The summed E-state index contributed by atoms with van der Waals surface area (Å²) in [5, 5.41) is 3.82. The van der Waals surface area contributed by atoms with E-state index in [0.29, 0.717) is 5.56 Å². The number of hydrogen-bond donors (Lipinski definition) is 1. The molecule has 0 bridgehead atoms. The lowest BCUT2D eigenvalue weighted by Gasteiger charge is -2.14. The maximum absolute atomic E-state index is 12.2. The van der Waals surface area contributed by atoms with Gasteiger partial charge in [0.05, 0.1) is 6.04 Å². The maximum Gasteiger partial charge on any atom is 0.251 e. The summed E-state index contributed by atoms with van der Waals surface area (Å²) in [6.07, 6.45) is 0. The second-order valence-electron chi connectivity index (χ2n) is 4.94. The molecular weight excluding hydrogens is 314 g/mol. The predicted molar refractivity (Wildman–Crippen MR) is 86.1 cm³/mol. The van der Waals surface area contributed by atoms with Gasteiger partial charge < -0.3 is 5.32 Å². The SMILES string of the molecule is Cc1ccc([C@H](C)NC(=O)c2ccc(CBr)cc2)cc1. The second kappa shape index (κ2) is 6.71. The molecule has 0 unspecified atom stereocenters. The van der Waals surface area contributed by atoms with Crippen molar-refractivity contribution in [2.24, 2.45) is 0 Å². The number of benzene rings is 2. The Kier molecular flexibility index (Phi) is 4.96. The highest BCUT2D eigenvalue weighted by molar-refractivity contribution is 9.08. The lowest BCUT2D eigenvalue weighted by molar-refractivity contribution is 0.0940. The number of amides is 1. The Hall–Kier alpha value is -1.61. The van der Waals surface area contributed by atoms with E-state index in [2.05, 4.69) is 40.3 Å². The van der Waals surface area contributed by atoms with E-state index in [0.717, 1.165) is 16.5 Å². The molecule has 20 heavy (non-hydrogen) atoms. The molecule has 0 aliphatic rings. The number of aryl methyl sites for hydroxylation is 1. The Balaban J connectivity index is 2.04. The van der Waals surface area contributed by atoms with Crippen LogP contribution in [-0.2, 0) is 5.33 Å². The Labute approximate surface area is 128 Å². The van der Waals surface area contributed by atoms with Gasteiger partial charge >= 0.3 is 0 Å². The Morgan fingerprint density at radius 2 is 1.70 bits per heavy atom.